The van der Waals surface area contributed by atoms with Crippen molar-refractivity contribution in [2.45, 2.75) is 33.2 Å². The number of carbonyl (C=O) groups excluding carboxylic acids is 1. The Morgan fingerprint density at radius 2 is 2.05 bits per heavy atom. The summed E-state index contributed by atoms with van der Waals surface area (Å²) in [6, 6.07) is 12.2. The molecular weight excluding hydrogens is 280 g/mol. The van der Waals surface area contributed by atoms with E-state index in [9.17, 15) is 4.79 Å². The first-order chi connectivity index (χ1) is 10.2. The van der Waals surface area contributed by atoms with Crippen LogP contribution in [0.15, 0.2) is 36.4 Å². The third-order valence-corrected chi connectivity index (χ3v) is 4.77. The van der Waals surface area contributed by atoms with Gasteiger partial charge in [-0.1, -0.05) is 25.1 Å². The average molecular weight is 298 g/mol. The first-order valence-electron chi connectivity index (χ1n) is 7.28. The third-order valence-electron chi connectivity index (χ3n) is 3.62. The Labute approximate surface area is 128 Å². The molecule has 3 aromatic rings. The maximum absolute atomic E-state index is 12.5. The van der Waals surface area contributed by atoms with Crippen LogP contribution in [-0.4, -0.2) is 15.6 Å². The van der Waals surface area contributed by atoms with Gasteiger partial charge in [-0.25, -0.2) is 0 Å². The fraction of sp³-hybridized carbons (Fsp3) is 0.294. The van der Waals surface area contributed by atoms with Crippen molar-refractivity contribution >= 4 is 27.2 Å². The SMILES string of the molecule is CCc1cc(CC(=O)c2cc3ccccc3s2)n(CC)n1. The molecule has 0 aliphatic rings. The van der Waals surface area contributed by atoms with Crippen LogP contribution in [-0.2, 0) is 19.4 Å². The molecule has 0 bridgehead atoms. The average Bonchev–Trinajstić information content (AvgIpc) is 3.10. The second-order valence-corrected chi connectivity index (χ2v) is 6.13. The van der Waals surface area contributed by atoms with Crippen molar-refractivity contribution in [3.63, 3.8) is 0 Å². The highest BCUT2D eigenvalue weighted by molar-refractivity contribution is 7.20. The summed E-state index contributed by atoms with van der Waals surface area (Å²) < 4.78 is 3.10. The molecular formula is C17H18N2OS. The Hall–Kier alpha value is -1.94. The van der Waals surface area contributed by atoms with Gasteiger partial charge in [0.15, 0.2) is 5.78 Å². The number of Topliss-reactive ketones (excluding diaryl/α,β-unsaturated/α-hetero) is 1. The summed E-state index contributed by atoms with van der Waals surface area (Å²) in [5.41, 5.74) is 2.06. The van der Waals surface area contributed by atoms with Crippen molar-refractivity contribution < 1.29 is 4.79 Å². The molecule has 0 saturated carbocycles. The van der Waals surface area contributed by atoms with Gasteiger partial charge in [0, 0.05) is 16.9 Å². The maximum Gasteiger partial charge on any atom is 0.178 e. The Morgan fingerprint density at radius 1 is 1.24 bits per heavy atom. The van der Waals surface area contributed by atoms with Crippen molar-refractivity contribution in [1.29, 1.82) is 0 Å². The summed E-state index contributed by atoms with van der Waals surface area (Å²) in [6.07, 6.45) is 1.32. The minimum absolute atomic E-state index is 0.174. The van der Waals surface area contributed by atoms with Crippen LogP contribution >= 0.6 is 11.3 Å². The molecule has 21 heavy (non-hydrogen) atoms. The summed E-state index contributed by atoms with van der Waals surface area (Å²) in [4.78, 5) is 13.4. The molecule has 2 aromatic heterocycles. The van der Waals surface area contributed by atoms with Crippen LogP contribution in [0.5, 0.6) is 0 Å². The summed E-state index contributed by atoms with van der Waals surface area (Å²) in [5, 5.41) is 5.65. The number of hydrogen-bond acceptors (Lipinski definition) is 3. The topological polar surface area (TPSA) is 34.9 Å². The molecule has 0 fully saturated rings. The van der Waals surface area contributed by atoms with Gasteiger partial charge in [-0.15, -0.1) is 11.3 Å². The normalized spacial score (nSPS) is 11.1. The number of nitrogens with zero attached hydrogens (tertiary/aromatic N) is 2. The largest absolute Gasteiger partial charge is 0.293 e. The van der Waals surface area contributed by atoms with E-state index in [1.807, 2.05) is 28.9 Å². The predicted molar refractivity (Wildman–Crippen MR) is 87.1 cm³/mol. The molecule has 4 heteroatoms. The molecule has 0 N–H and O–H groups in total. The third kappa shape index (κ3) is 2.76. The first-order valence-corrected chi connectivity index (χ1v) is 8.10. The molecule has 0 atom stereocenters. The molecule has 2 heterocycles. The van der Waals surface area contributed by atoms with E-state index in [0.29, 0.717) is 6.42 Å². The molecule has 0 unspecified atom stereocenters. The summed E-state index contributed by atoms with van der Waals surface area (Å²) in [6.45, 7) is 4.94. The van der Waals surface area contributed by atoms with Gasteiger partial charge in [0.25, 0.3) is 0 Å². The number of aromatic nitrogens is 2. The molecule has 3 rings (SSSR count). The zero-order chi connectivity index (χ0) is 14.8. The second kappa shape index (κ2) is 5.82. The first kappa shape index (κ1) is 14.0. The number of carbonyl (C=O) groups is 1. The number of fused-ring (bicyclic) bond motifs is 1. The number of aryl methyl sites for hydroxylation is 2. The predicted octanol–water partition coefficient (Wildman–Crippen LogP) is 4.11. The molecule has 0 aliphatic heterocycles. The molecule has 3 nitrogen and oxygen atoms in total. The molecule has 0 amide bonds. The van der Waals surface area contributed by atoms with Crippen molar-refractivity contribution in [2.24, 2.45) is 0 Å². The molecule has 0 saturated heterocycles. The number of rotatable bonds is 5. The second-order valence-electron chi connectivity index (χ2n) is 5.04. The lowest BCUT2D eigenvalue weighted by Crippen LogP contribution is -2.08. The maximum atomic E-state index is 12.5. The van der Waals surface area contributed by atoms with Crippen molar-refractivity contribution in [1.82, 2.24) is 9.78 Å². The lowest BCUT2D eigenvalue weighted by Gasteiger charge is -2.02. The summed E-state index contributed by atoms with van der Waals surface area (Å²) in [7, 11) is 0. The zero-order valence-corrected chi connectivity index (χ0v) is 13.1. The highest BCUT2D eigenvalue weighted by Crippen LogP contribution is 2.26. The van der Waals surface area contributed by atoms with Gasteiger partial charge in [0.1, 0.15) is 0 Å². The Kier molecular flexibility index (Phi) is 3.88. The van der Waals surface area contributed by atoms with Crippen LogP contribution in [0, 0.1) is 0 Å². The van der Waals surface area contributed by atoms with Crippen molar-refractivity contribution in [3.05, 3.63) is 52.7 Å². The quantitative estimate of drug-likeness (QED) is 0.665. The van der Waals surface area contributed by atoms with Gasteiger partial charge in [0.05, 0.1) is 17.0 Å². The highest BCUT2D eigenvalue weighted by atomic mass is 32.1. The monoisotopic (exact) mass is 298 g/mol. The number of thiophene rings is 1. The van der Waals surface area contributed by atoms with E-state index in [1.54, 1.807) is 11.3 Å². The van der Waals surface area contributed by atoms with Gasteiger partial charge in [-0.2, -0.15) is 5.10 Å². The van der Waals surface area contributed by atoms with Crippen LogP contribution in [0.2, 0.25) is 0 Å². The zero-order valence-electron chi connectivity index (χ0n) is 12.3. The van der Waals surface area contributed by atoms with Crippen LogP contribution < -0.4 is 0 Å². The fourth-order valence-corrected chi connectivity index (χ4v) is 3.47. The van der Waals surface area contributed by atoms with Crippen molar-refractivity contribution in [2.75, 3.05) is 0 Å². The van der Waals surface area contributed by atoms with Gasteiger partial charge in [-0.05, 0) is 36.9 Å². The van der Waals surface area contributed by atoms with Gasteiger partial charge >= 0.3 is 0 Å². The number of benzene rings is 1. The highest BCUT2D eigenvalue weighted by Gasteiger charge is 2.14. The summed E-state index contributed by atoms with van der Waals surface area (Å²) >= 11 is 1.57. The Morgan fingerprint density at radius 3 is 2.76 bits per heavy atom. The van der Waals surface area contributed by atoms with E-state index in [1.165, 1.54) is 4.70 Å². The van der Waals surface area contributed by atoms with Gasteiger partial charge < -0.3 is 0 Å². The van der Waals surface area contributed by atoms with E-state index in [2.05, 4.69) is 31.1 Å². The van der Waals surface area contributed by atoms with Crippen LogP contribution in [0.1, 0.15) is 34.9 Å². The molecule has 108 valence electrons. The van der Waals surface area contributed by atoms with E-state index in [-0.39, 0.29) is 5.78 Å². The van der Waals surface area contributed by atoms with E-state index in [4.69, 9.17) is 0 Å². The van der Waals surface area contributed by atoms with Gasteiger partial charge in [-0.3, -0.25) is 9.48 Å². The lowest BCUT2D eigenvalue weighted by atomic mass is 10.1. The standard InChI is InChI=1S/C17H18N2OS/c1-3-13-10-14(19(4-2)18-13)11-15(20)17-9-12-7-5-6-8-16(12)21-17/h5-10H,3-4,11H2,1-2H3. The van der Waals surface area contributed by atoms with E-state index in [0.717, 1.165) is 34.6 Å². The van der Waals surface area contributed by atoms with Crippen molar-refractivity contribution in [3.8, 4) is 0 Å². The lowest BCUT2D eigenvalue weighted by molar-refractivity contribution is 0.0994. The number of hydrogen-bond donors (Lipinski definition) is 0. The number of ketones is 1. The van der Waals surface area contributed by atoms with E-state index < -0.39 is 0 Å². The van der Waals surface area contributed by atoms with Gasteiger partial charge in [0.2, 0.25) is 0 Å². The molecule has 0 radical (unpaired) electrons. The minimum atomic E-state index is 0.174. The molecule has 1 aromatic carbocycles. The van der Waals surface area contributed by atoms with Crippen LogP contribution in [0.25, 0.3) is 10.1 Å². The summed E-state index contributed by atoms with van der Waals surface area (Å²) in [5.74, 6) is 0.174. The molecule has 0 aliphatic carbocycles. The Bertz CT molecular complexity index is 752. The minimum Gasteiger partial charge on any atom is -0.293 e. The van der Waals surface area contributed by atoms with Crippen LogP contribution in [0.4, 0.5) is 0 Å². The Balaban J connectivity index is 1.87. The fourth-order valence-electron chi connectivity index (χ4n) is 2.47. The smallest absolute Gasteiger partial charge is 0.178 e. The van der Waals surface area contributed by atoms with Crippen LogP contribution in [0.3, 0.4) is 0 Å². The molecule has 0 spiro atoms. The van der Waals surface area contributed by atoms with E-state index >= 15 is 0 Å².